The van der Waals surface area contributed by atoms with Gasteiger partial charge < -0.3 is 4.90 Å². The summed E-state index contributed by atoms with van der Waals surface area (Å²) in [5.41, 5.74) is 0. The predicted molar refractivity (Wildman–Crippen MR) is 50.1 cm³/mol. The maximum absolute atomic E-state index is 12.0. The highest BCUT2D eigenvalue weighted by atomic mass is 19.4. The number of rotatable bonds is 2. The first-order valence-electron chi connectivity index (χ1n) is 5.20. The van der Waals surface area contributed by atoms with Gasteiger partial charge in [0.15, 0.2) is 0 Å². The third kappa shape index (κ3) is 5.03. The van der Waals surface area contributed by atoms with Gasteiger partial charge in [-0.05, 0) is 32.4 Å². The molecule has 15 heavy (non-hydrogen) atoms. The van der Waals surface area contributed by atoms with Gasteiger partial charge in [-0.3, -0.25) is 0 Å². The zero-order valence-corrected chi connectivity index (χ0v) is 8.56. The standard InChI is InChI=1S/C10H15F3N2/c11-10(12,13)4-7-15-5-1-2-9(8-14)3-6-15/h9H,1-7H2. The normalized spacial score (nSPS) is 24.5. The van der Waals surface area contributed by atoms with Crippen LogP contribution in [-0.4, -0.2) is 30.7 Å². The first-order chi connectivity index (χ1) is 7.01. The second-order valence-electron chi connectivity index (χ2n) is 3.96. The van der Waals surface area contributed by atoms with Crippen LogP contribution in [0.3, 0.4) is 0 Å². The van der Waals surface area contributed by atoms with Gasteiger partial charge in [0.2, 0.25) is 0 Å². The minimum Gasteiger partial charge on any atom is -0.303 e. The summed E-state index contributed by atoms with van der Waals surface area (Å²) in [6, 6.07) is 2.19. The Morgan fingerprint density at radius 3 is 2.60 bits per heavy atom. The van der Waals surface area contributed by atoms with Crippen molar-refractivity contribution in [1.82, 2.24) is 4.90 Å². The summed E-state index contributed by atoms with van der Waals surface area (Å²) < 4.78 is 35.9. The van der Waals surface area contributed by atoms with Gasteiger partial charge in [-0.1, -0.05) is 0 Å². The summed E-state index contributed by atoms with van der Waals surface area (Å²) in [6.45, 7) is 1.38. The van der Waals surface area contributed by atoms with Crippen LogP contribution in [0.4, 0.5) is 13.2 Å². The molecule has 0 spiro atoms. The van der Waals surface area contributed by atoms with Gasteiger partial charge in [-0.2, -0.15) is 18.4 Å². The van der Waals surface area contributed by atoms with E-state index in [9.17, 15) is 13.2 Å². The van der Waals surface area contributed by atoms with E-state index in [2.05, 4.69) is 6.07 Å². The van der Waals surface area contributed by atoms with E-state index in [-0.39, 0.29) is 12.5 Å². The number of alkyl halides is 3. The Balaban J connectivity index is 2.29. The Bertz CT molecular complexity index is 232. The van der Waals surface area contributed by atoms with Gasteiger partial charge in [0, 0.05) is 12.5 Å². The van der Waals surface area contributed by atoms with Crippen molar-refractivity contribution in [3.63, 3.8) is 0 Å². The van der Waals surface area contributed by atoms with Crippen molar-refractivity contribution >= 4 is 0 Å². The Hall–Kier alpha value is -0.760. The molecule has 0 aromatic heterocycles. The van der Waals surface area contributed by atoms with Crippen molar-refractivity contribution in [2.45, 2.75) is 31.9 Å². The first kappa shape index (κ1) is 12.3. The highest BCUT2D eigenvalue weighted by molar-refractivity contribution is 4.85. The summed E-state index contributed by atoms with van der Waals surface area (Å²) >= 11 is 0. The molecule has 0 saturated carbocycles. The molecule has 0 bridgehead atoms. The van der Waals surface area contributed by atoms with Gasteiger partial charge in [0.25, 0.3) is 0 Å². The Morgan fingerprint density at radius 2 is 2.00 bits per heavy atom. The van der Waals surface area contributed by atoms with Gasteiger partial charge in [0.05, 0.1) is 12.5 Å². The van der Waals surface area contributed by atoms with E-state index in [1.807, 2.05) is 4.90 Å². The summed E-state index contributed by atoms with van der Waals surface area (Å²) in [6.07, 6.45) is -2.46. The minimum atomic E-state index is -4.07. The second kappa shape index (κ2) is 5.36. The fourth-order valence-corrected chi connectivity index (χ4v) is 1.79. The SMILES string of the molecule is N#CC1CCCN(CCC(F)(F)F)CC1. The number of nitrogens with zero attached hydrogens (tertiary/aromatic N) is 2. The van der Waals surface area contributed by atoms with Crippen LogP contribution in [0.25, 0.3) is 0 Å². The fourth-order valence-electron chi connectivity index (χ4n) is 1.79. The van der Waals surface area contributed by atoms with E-state index in [1.54, 1.807) is 0 Å². The summed E-state index contributed by atoms with van der Waals surface area (Å²) in [4.78, 5) is 1.81. The average Bonchev–Trinajstić information content (AvgIpc) is 2.38. The Labute approximate surface area is 87.7 Å². The Kier molecular flexibility index (Phi) is 4.40. The largest absolute Gasteiger partial charge is 0.390 e. The van der Waals surface area contributed by atoms with Gasteiger partial charge in [0.1, 0.15) is 0 Å². The zero-order chi connectivity index (χ0) is 11.3. The van der Waals surface area contributed by atoms with Crippen molar-refractivity contribution < 1.29 is 13.2 Å². The van der Waals surface area contributed by atoms with Crippen LogP contribution >= 0.6 is 0 Å². The van der Waals surface area contributed by atoms with Gasteiger partial charge in [-0.15, -0.1) is 0 Å². The molecule has 86 valence electrons. The molecule has 0 aromatic carbocycles. The van der Waals surface area contributed by atoms with Gasteiger partial charge in [-0.25, -0.2) is 0 Å². The van der Waals surface area contributed by atoms with E-state index in [4.69, 9.17) is 5.26 Å². The molecule has 0 aliphatic carbocycles. The topological polar surface area (TPSA) is 27.0 Å². The molecule has 0 radical (unpaired) electrons. The lowest BCUT2D eigenvalue weighted by Crippen LogP contribution is -2.29. The van der Waals surface area contributed by atoms with Crippen LogP contribution in [0.1, 0.15) is 25.7 Å². The summed E-state index contributed by atoms with van der Waals surface area (Å²) in [5, 5.41) is 8.71. The lowest BCUT2D eigenvalue weighted by atomic mass is 10.0. The van der Waals surface area contributed by atoms with Crippen LogP contribution < -0.4 is 0 Å². The van der Waals surface area contributed by atoms with Crippen LogP contribution in [0.5, 0.6) is 0 Å². The molecular formula is C10H15F3N2. The summed E-state index contributed by atoms with van der Waals surface area (Å²) in [5.74, 6) is 0.0286. The van der Waals surface area contributed by atoms with Crippen molar-refractivity contribution in [2.24, 2.45) is 5.92 Å². The van der Waals surface area contributed by atoms with Crippen LogP contribution in [0.15, 0.2) is 0 Å². The van der Waals surface area contributed by atoms with Crippen molar-refractivity contribution in [3.8, 4) is 6.07 Å². The highest BCUT2D eigenvalue weighted by Gasteiger charge is 2.28. The number of likely N-dealkylation sites (tertiary alicyclic amines) is 1. The third-order valence-corrected chi connectivity index (χ3v) is 2.71. The predicted octanol–water partition coefficient (Wildman–Crippen LogP) is 2.56. The molecule has 2 nitrogen and oxygen atoms in total. The molecule has 1 saturated heterocycles. The molecule has 1 fully saturated rings. The molecule has 1 aliphatic rings. The number of nitriles is 1. The number of hydrogen-bond donors (Lipinski definition) is 0. The van der Waals surface area contributed by atoms with E-state index >= 15 is 0 Å². The lowest BCUT2D eigenvalue weighted by Gasteiger charge is -2.20. The van der Waals surface area contributed by atoms with Crippen molar-refractivity contribution in [3.05, 3.63) is 0 Å². The smallest absolute Gasteiger partial charge is 0.303 e. The molecule has 1 aliphatic heterocycles. The van der Waals surface area contributed by atoms with Crippen molar-refractivity contribution in [1.29, 1.82) is 5.26 Å². The van der Waals surface area contributed by atoms with E-state index in [1.165, 1.54) is 0 Å². The Morgan fingerprint density at radius 1 is 1.27 bits per heavy atom. The monoisotopic (exact) mass is 220 g/mol. The van der Waals surface area contributed by atoms with E-state index < -0.39 is 12.6 Å². The maximum atomic E-state index is 12.0. The van der Waals surface area contributed by atoms with Crippen LogP contribution in [-0.2, 0) is 0 Å². The van der Waals surface area contributed by atoms with E-state index in [0.29, 0.717) is 19.5 Å². The highest BCUT2D eigenvalue weighted by Crippen LogP contribution is 2.22. The minimum absolute atomic E-state index is 0.0286. The first-order valence-corrected chi connectivity index (χ1v) is 5.20. The molecule has 0 N–H and O–H groups in total. The molecule has 1 unspecified atom stereocenters. The molecular weight excluding hydrogens is 205 g/mol. The quantitative estimate of drug-likeness (QED) is 0.715. The van der Waals surface area contributed by atoms with Gasteiger partial charge >= 0.3 is 6.18 Å². The maximum Gasteiger partial charge on any atom is 0.390 e. The molecule has 1 heterocycles. The van der Waals surface area contributed by atoms with E-state index in [0.717, 1.165) is 12.8 Å². The fraction of sp³-hybridized carbons (Fsp3) is 0.900. The van der Waals surface area contributed by atoms with Crippen LogP contribution in [0, 0.1) is 17.2 Å². The third-order valence-electron chi connectivity index (χ3n) is 2.71. The molecule has 0 amide bonds. The molecule has 1 atom stereocenters. The lowest BCUT2D eigenvalue weighted by molar-refractivity contribution is -0.137. The molecule has 5 heteroatoms. The second-order valence-corrected chi connectivity index (χ2v) is 3.96. The van der Waals surface area contributed by atoms with Crippen molar-refractivity contribution in [2.75, 3.05) is 19.6 Å². The number of halogens is 3. The molecule has 1 rings (SSSR count). The van der Waals surface area contributed by atoms with Crippen LogP contribution in [0.2, 0.25) is 0 Å². The number of hydrogen-bond acceptors (Lipinski definition) is 2. The molecule has 0 aromatic rings. The summed E-state index contributed by atoms with van der Waals surface area (Å²) in [7, 11) is 0. The zero-order valence-electron chi connectivity index (χ0n) is 8.56. The average molecular weight is 220 g/mol.